The number of nitrogens with zero attached hydrogens (tertiary/aromatic N) is 2. The van der Waals surface area contributed by atoms with Gasteiger partial charge in [-0.1, -0.05) is 0 Å². The van der Waals surface area contributed by atoms with Gasteiger partial charge in [0.1, 0.15) is 5.69 Å². The first-order valence-corrected chi connectivity index (χ1v) is 3.53. The van der Waals surface area contributed by atoms with Crippen molar-refractivity contribution in [2.24, 2.45) is 10.7 Å². The smallest absolute Gasteiger partial charge is 0.154 e. The molecule has 0 radical (unpaired) electrons. The van der Waals surface area contributed by atoms with Crippen LogP contribution in [0.5, 0.6) is 0 Å². The molecule has 1 aromatic heterocycles. The molecule has 0 aliphatic carbocycles. The molecule has 4 nitrogen and oxygen atoms in total. The fraction of sp³-hybridized carbons (Fsp3) is 0.429. The first-order valence-electron chi connectivity index (χ1n) is 3.53. The lowest BCUT2D eigenvalue weighted by molar-refractivity contribution is 0.790. The zero-order chi connectivity index (χ0) is 8.27. The van der Waals surface area contributed by atoms with E-state index in [-0.39, 0.29) is 6.04 Å². The van der Waals surface area contributed by atoms with Gasteiger partial charge in [0.25, 0.3) is 0 Å². The van der Waals surface area contributed by atoms with Gasteiger partial charge in [0.2, 0.25) is 0 Å². The van der Waals surface area contributed by atoms with Crippen molar-refractivity contribution in [3.05, 3.63) is 12.0 Å². The van der Waals surface area contributed by atoms with E-state index in [4.69, 9.17) is 5.73 Å². The molecule has 1 heterocycles. The Hall–Kier alpha value is -1.16. The van der Waals surface area contributed by atoms with Crippen LogP contribution in [0.25, 0.3) is 0 Å². The minimum atomic E-state index is -0.0695. The third-order valence-electron chi connectivity index (χ3n) is 1.34. The van der Waals surface area contributed by atoms with Gasteiger partial charge in [0.15, 0.2) is 5.82 Å². The molecular formula is C7H12N4. The molecule has 0 aliphatic rings. The number of rotatable bonds is 2. The van der Waals surface area contributed by atoms with Crippen LogP contribution < -0.4 is 5.73 Å². The van der Waals surface area contributed by atoms with Crippen LogP contribution in [0.4, 0.5) is 5.82 Å². The Morgan fingerprint density at radius 2 is 2.55 bits per heavy atom. The van der Waals surface area contributed by atoms with Gasteiger partial charge in [-0.2, -0.15) is 0 Å². The Labute approximate surface area is 65.6 Å². The number of aromatic nitrogens is 2. The van der Waals surface area contributed by atoms with E-state index in [1.165, 1.54) is 0 Å². The van der Waals surface area contributed by atoms with E-state index in [1.807, 2.05) is 13.8 Å². The van der Waals surface area contributed by atoms with Gasteiger partial charge in [0, 0.05) is 12.3 Å². The normalized spacial score (nSPS) is 14.1. The largest absolute Gasteiger partial charge is 0.330 e. The van der Waals surface area contributed by atoms with Gasteiger partial charge in [-0.3, -0.25) is 0 Å². The molecule has 60 valence electrons. The van der Waals surface area contributed by atoms with Crippen molar-refractivity contribution >= 4 is 12.0 Å². The van der Waals surface area contributed by atoms with Crippen LogP contribution in [-0.2, 0) is 0 Å². The van der Waals surface area contributed by atoms with Crippen molar-refractivity contribution in [3.63, 3.8) is 0 Å². The van der Waals surface area contributed by atoms with Gasteiger partial charge < -0.3 is 10.7 Å². The lowest BCUT2D eigenvalue weighted by Crippen LogP contribution is -2.05. The van der Waals surface area contributed by atoms with Crippen molar-refractivity contribution in [1.29, 1.82) is 0 Å². The summed E-state index contributed by atoms with van der Waals surface area (Å²) in [6.45, 7) is 3.73. The second-order valence-electron chi connectivity index (χ2n) is 2.31. The standard InChI is InChI=1S/C7H12N4/c1-3-9-7-6(5(2)8)10-4-11-7/h3-5H,8H2,1-2H3,(H,10,11)/b9-3-. The summed E-state index contributed by atoms with van der Waals surface area (Å²) in [6, 6.07) is -0.0695. The molecule has 0 saturated carbocycles. The summed E-state index contributed by atoms with van der Waals surface area (Å²) in [4.78, 5) is 11.0. The highest BCUT2D eigenvalue weighted by molar-refractivity contribution is 5.59. The van der Waals surface area contributed by atoms with Gasteiger partial charge >= 0.3 is 0 Å². The summed E-state index contributed by atoms with van der Waals surface area (Å²) in [5.74, 6) is 0.752. The minimum absolute atomic E-state index is 0.0695. The van der Waals surface area contributed by atoms with Crippen molar-refractivity contribution < 1.29 is 0 Å². The molecule has 11 heavy (non-hydrogen) atoms. The molecule has 4 heteroatoms. The van der Waals surface area contributed by atoms with Crippen molar-refractivity contribution in [1.82, 2.24) is 9.97 Å². The molecule has 0 amide bonds. The highest BCUT2D eigenvalue weighted by atomic mass is 15.0. The third kappa shape index (κ3) is 1.65. The van der Waals surface area contributed by atoms with E-state index in [2.05, 4.69) is 15.0 Å². The highest BCUT2D eigenvalue weighted by Gasteiger charge is 2.07. The summed E-state index contributed by atoms with van der Waals surface area (Å²) in [6.07, 6.45) is 3.31. The van der Waals surface area contributed by atoms with Gasteiger partial charge in [-0.15, -0.1) is 0 Å². The third-order valence-corrected chi connectivity index (χ3v) is 1.34. The summed E-state index contributed by atoms with van der Waals surface area (Å²) in [7, 11) is 0. The van der Waals surface area contributed by atoms with Crippen LogP contribution >= 0.6 is 0 Å². The Balaban J connectivity index is 2.96. The Morgan fingerprint density at radius 3 is 3.09 bits per heavy atom. The van der Waals surface area contributed by atoms with E-state index in [0.717, 1.165) is 11.5 Å². The van der Waals surface area contributed by atoms with Crippen molar-refractivity contribution in [2.75, 3.05) is 0 Å². The van der Waals surface area contributed by atoms with Gasteiger partial charge in [0.05, 0.1) is 6.33 Å². The molecule has 1 rings (SSSR count). The topological polar surface area (TPSA) is 67.1 Å². The number of aliphatic imine (C=N–C) groups is 1. The van der Waals surface area contributed by atoms with E-state index < -0.39 is 0 Å². The number of nitrogens with two attached hydrogens (primary N) is 1. The quantitative estimate of drug-likeness (QED) is 0.624. The van der Waals surface area contributed by atoms with Crippen LogP contribution in [0.3, 0.4) is 0 Å². The number of imidazole rings is 1. The fourth-order valence-electron chi connectivity index (χ4n) is 0.864. The summed E-state index contributed by atoms with van der Waals surface area (Å²) in [5, 5.41) is 0. The van der Waals surface area contributed by atoms with Crippen molar-refractivity contribution in [3.8, 4) is 0 Å². The Bertz CT molecular complexity index is 249. The number of nitrogens with one attached hydrogen (secondary N) is 1. The molecule has 0 saturated heterocycles. The van der Waals surface area contributed by atoms with Crippen molar-refractivity contribution in [2.45, 2.75) is 19.9 Å². The van der Waals surface area contributed by atoms with Gasteiger partial charge in [-0.25, -0.2) is 9.98 Å². The SMILES string of the molecule is C/C=N\c1[nH]cnc1C(C)N. The lowest BCUT2D eigenvalue weighted by atomic mass is 10.2. The zero-order valence-electron chi connectivity index (χ0n) is 6.70. The first-order chi connectivity index (χ1) is 5.25. The van der Waals surface area contributed by atoms with Gasteiger partial charge in [-0.05, 0) is 13.8 Å². The molecule has 1 aromatic rings. The molecule has 0 aromatic carbocycles. The molecule has 1 unspecified atom stereocenters. The zero-order valence-corrected chi connectivity index (χ0v) is 6.70. The average Bonchev–Trinajstić information content (AvgIpc) is 2.36. The number of hydrogen-bond acceptors (Lipinski definition) is 3. The summed E-state index contributed by atoms with van der Waals surface area (Å²) >= 11 is 0. The van der Waals surface area contributed by atoms with E-state index >= 15 is 0 Å². The number of aromatic amines is 1. The maximum absolute atomic E-state index is 5.63. The highest BCUT2D eigenvalue weighted by Crippen LogP contribution is 2.18. The summed E-state index contributed by atoms with van der Waals surface area (Å²) < 4.78 is 0. The van der Waals surface area contributed by atoms with Crippen LogP contribution in [0.2, 0.25) is 0 Å². The molecule has 1 atom stereocenters. The molecule has 0 spiro atoms. The monoisotopic (exact) mass is 152 g/mol. The van der Waals surface area contributed by atoms with Crippen LogP contribution in [0, 0.1) is 0 Å². The first kappa shape index (κ1) is 7.94. The number of H-pyrrole nitrogens is 1. The molecule has 3 N–H and O–H groups in total. The predicted octanol–water partition coefficient (Wildman–Crippen LogP) is 1.15. The van der Waals surface area contributed by atoms with Crippen LogP contribution in [-0.4, -0.2) is 16.2 Å². The molecule has 0 bridgehead atoms. The van der Waals surface area contributed by atoms with Crippen LogP contribution in [0.15, 0.2) is 11.3 Å². The molecular weight excluding hydrogens is 140 g/mol. The minimum Gasteiger partial charge on any atom is -0.330 e. The fourth-order valence-corrected chi connectivity index (χ4v) is 0.864. The second-order valence-corrected chi connectivity index (χ2v) is 2.31. The predicted molar refractivity (Wildman–Crippen MR) is 45.0 cm³/mol. The van der Waals surface area contributed by atoms with E-state index in [9.17, 15) is 0 Å². The lowest BCUT2D eigenvalue weighted by Gasteiger charge is -1.99. The summed E-state index contributed by atoms with van der Waals surface area (Å²) in [5.41, 5.74) is 6.44. The Kier molecular flexibility index (Phi) is 2.38. The van der Waals surface area contributed by atoms with E-state index in [0.29, 0.717) is 0 Å². The average molecular weight is 152 g/mol. The molecule has 0 aliphatic heterocycles. The van der Waals surface area contributed by atoms with E-state index in [1.54, 1.807) is 12.5 Å². The second kappa shape index (κ2) is 3.30. The Morgan fingerprint density at radius 1 is 1.82 bits per heavy atom. The van der Waals surface area contributed by atoms with Crippen LogP contribution in [0.1, 0.15) is 25.6 Å². The number of hydrogen-bond donors (Lipinski definition) is 2. The maximum atomic E-state index is 5.63. The maximum Gasteiger partial charge on any atom is 0.154 e. The molecule has 0 fully saturated rings.